The Morgan fingerprint density at radius 2 is 1.86 bits per heavy atom. The number of nitrogens with zero attached hydrogens (tertiary/aromatic N) is 3. The topological polar surface area (TPSA) is 58.1 Å². The lowest BCUT2D eigenvalue weighted by molar-refractivity contribution is -0.116. The van der Waals surface area contributed by atoms with E-state index in [1.165, 1.54) is 0 Å². The lowest BCUT2D eigenvalue weighted by atomic mass is 10.1. The first kappa shape index (κ1) is 21.7. The summed E-state index contributed by atoms with van der Waals surface area (Å²) < 4.78 is 1.12. The zero-order valence-corrected chi connectivity index (χ0v) is 18.6. The number of fused-ring (bicyclic) bond motifs is 3. The maximum atomic E-state index is 12.5. The number of hydrogen-bond acceptors (Lipinski definition) is 5. The van der Waals surface area contributed by atoms with Crippen LogP contribution in [0.15, 0.2) is 24.3 Å². The highest BCUT2D eigenvalue weighted by Gasteiger charge is 2.15. The van der Waals surface area contributed by atoms with Gasteiger partial charge in [-0.1, -0.05) is 45.4 Å². The summed E-state index contributed by atoms with van der Waals surface area (Å²) in [7, 11) is 0. The molecule has 0 bridgehead atoms. The molecule has 0 radical (unpaired) electrons. The number of aromatic nitrogens is 2. The van der Waals surface area contributed by atoms with Crippen molar-refractivity contribution in [2.24, 2.45) is 0 Å². The maximum Gasteiger partial charge on any atom is 0.225 e. The summed E-state index contributed by atoms with van der Waals surface area (Å²) >= 11 is 1.72. The molecule has 3 rings (SSSR count). The van der Waals surface area contributed by atoms with Gasteiger partial charge in [0, 0.05) is 11.8 Å². The zero-order valence-electron chi connectivity index (χ0n) is 17.8. The summed E-state index contributed by atoms with van der Waals surface area (Å²) in [6.07, 6.45) is 5.65. The smallest absolute Gasteiger partial charge is 0.225 e. The van der Waals surface area contributed by atoms with Crippen molar-refractivity contribution in [3.63, 3.8) is 0 Å². The van der Waals surface area contributed by atoms with E-state index >= 15 is 0 Å². The lowest BCUT2D eigenvalue weighted by Gasteiger charge is -2.17. The first-order valence-corrected chi connectivity index (χ1v) is 11.7. The third kappa shape index (κ3) is 5.52. The number of amides is 1. The van der Waals surface area contributed by atoms with Crippen molar-refractivity contribution in [1.29, 1.82) is 0 Å². The minimum Gasteiger partial charge on any atom is -0.309 e. The molecule has 3 aromatic rings. The number of thiazole rings is 1. The number of benzene rings is 1. The van der Waals surface area contributed by atoms with E-state index in [2.05, 4.69) is 37.1 Å². The molecular formula is C23H32N4OS. The van der Waals surface area contributed by atoms with Crippen LogP contribution in [0.5, 0.6) is 0 Å². The molecule has 0 unspecified atom stereocenters. The number of rotatable bonds is 11. The van der Waals surface area contributed by atoms with Gasteiger partial charge >= 0.3 is 0 Å². The first-order chi connectivity index (χ1) is 14.2. The predicted molar refractivity (Wildman–Crippen MR) is 124 cm³/mol. The van der Waals surface area contributed by atoms with Crippen LogP contribution in [-0.2, 0) is 11.2 Å². The number of carbonyl (C=O) groups is 1. The lowest BCUT2D eigenvalue weighted by Crippen LogP contribution is -2.23. The zero-order chi connectivity index (χ0) is 20.6. The number of para-hydroxylation sites is 1. The van der Waals surface area contributed by atoms with Gasteiger partial charge in [-0.2, -0.15) is 0 Å². The number of aryl methyl sites for hydroxylation is 1. The molecule has 156 valence electrons. The Hall–Kier alpha value is -2.05. The molecule has 29 heavy (non-hydrogen) atoms. The van der Waals surface area contributed by atoms with Gasteiger partial charge in [-0.05, 0) is 51.4 Å². The summed E-state index contributed by atoms with van der Waals surface area (Å²) in [4.78, 5) is 24.5. The average molecular weight is 413 g/mol. The van der Waals surface area contributed by atoms with E-state index in [1.807, 2.05) is 18.2 Å². The Labute approximate surface area is 177 Å². The predicted octanol–water partition coefficient (Wildman–Crippen LogP) is 5.64. The highest BCUT2D eigenvalue weighted by Crippen LogP contribution is 2.34. The molecule has 1 N–H and O–H groups in total. The standard InChI is InChI=1S/C23H32N4OS/c1-4-12-20-26-21-22(29-20)17-13-9-10-14-18(17)24-23(21)25-19(28)15-8-7-11-16-27(5-2)6-3/h9-10,13-14H,4-8,11-12,15-16H2,1-3H3,(H,24,25,28). The van der Waals surface area contributed by atoms with E-state index < -0.39 is 0 Å². The number of pyridine rings is 1. The molecule has 0 saturated carbocycles. The molecule has 1 amide bonds. The van der Waals surface area contributed by atoms with Crippen molar-refractivity contribution in [2.75, 3.05) is 25.0 Å². The SMILES string of the molecule is CCCc1nc2c(NC(=O)CCCCCN(CC)CC)nc3ccccc3c2s1. The van der Waals surface area contributed by atoms with Gasteiger partial charge in [-0.15, -0.1) is 11.3 Å². The molecule has 2 aromatic heterocycles. The Morgan fingerprint density at radius 3 is 2.62 bits per heavy atom. The van der Waals surface area contributed by atoms with Crippen LogP contribution in [0, 0.1) is 0 Å². The van der Waals surface area contributed by atoms with E-state index in [0.29, 0.717) is 12.2 Å². The highest BCUT2D eigenvalue weighted by atomic mass is 32.1. The molecule has 0 spiro atoms. The fraction of sp³-hybridized carbons (Fsp3) is 0.522. The van der Waals surface area contributed by atoms with Crippen LogP contribution >= 0.6 is 11.3 Å². The van der Waals surface area contributed by atoms with Crippen LogP contribution in [0.1, 0.15) is 57.9 Å². The van der Waals surface area contributed by atoms with Crippen molar-refractivity contribution in [1.82, 2.24) is 14.9 Å². The van der Waals surface area contributed by atoms with Crippen LogP contribution in [-0.4, -0.2) is 40.4 Å². The Kier molecular flexibility index (Phi) is 7.95. The molecule has 6 heteroatoms. The van der Waals surface area contributed by atoms with Gasteiger partial charge in [0.05, 0.1) is 15.2 Å². The van der Waals surface area contributed by atoms with Crippen LogP contribution in [0.3, 0.4) is 0 Å². The molecule has 0 aliphatic rings. The van der Waals surface area contributed by atoms with Crippen molar-refractivity contribution < 1.29 is 4.79 Å². The summed E-state index contributed by atoms with van der Waals surface area (Å²) in [6.45, 7) is 9.84. The van der Waals surface area contributed by atoms with Crippen LogP contribution in [0.2, 0.25) is 0 Å². The van der Waals surface area contributed by atoms with E-state index in [-0.39, 0.29) is 5.91 Å². The Balaban J connectivity index is 1.67. The monoisotopic (exact) mass is 412 g/mol. The second-order valence-corrected chi connectivity index (χ2v) is 8.48. The summed E-state index contributed by atoms with van der Waals surface area (Å²) in [5.74, 6) is 0.632. The molecule has 0 saturated heterocycles. The molecule has 5 nitrogen and oxygen atoms in total. The van der Waals surface area contributed by atoms with Crippen molar-refractivity contribution in [2.45, 2.75) is 59.3 Å². The number of nitrogens with one attached hydrogen (secondary N) is 1. The number of carbonyl (C=O) groups excluding carboxylic acids is 1. The van der Waals surface area contributed by atoms with Crippen molar-refractivity contribution >= 4 is 44.2 Å². The summed E-state index contributed by atoms with van der Waals surface area (Å²) in [6, 6.07) is 8.09. The van der Waals surface area contributed by atoms with Crippen LogP contribution in [0.4, 0.5) is 5.82 Å². The Morgan fingerprint density at radius 1 is 1.07 bits per heavy atom. The summed E-state index contributed by atoms with van der Waals surface area (Å²) in [5, 5.41) is 5.25. The third-order valence-corrected chi connectivity index (χ3v) is 6.42. The van der Waals surface area contributed by atoms with Crippen LogP contribution < -0.4 is 5.32 Å². The fourth-order valence-corrected chi connectivity index (χ4v) is 4.78. The van der Waals surface area contributed by atoms with Gasteiger partial charge in [-0.3, -0.25) is 4.79 Å². The molecule has 0 atom stereocenters. The van der Waals surface area contributed by atoms with E-state index in [4.69, 9.17) is 9.97 Å². The van der Waals surface area contributed by atoms with E-state index in [0.717, 1.165) is 77.9 Å². The minimum atomic E-state index is 0.0296. The van der Waals surface area contributed by atoms with Gasteiger partial charge in [0.2, 0.25) is 5.91 Å². The minimum absolute atomic E-state index is 0.0296. The number of hydrogen-bond donors (Lipinski definition) is 1. The first-order valence-electron chi connectivity index (χ1n) is 10.9. The molecule has 1 aromatic carbocycles. The largest absolute Gasteiger partial charge is 0.309 e. The van der Waals surface area contributed by atoms with E-state index in [1.54, 1.807) is 11.3 Å². The molecular weight excluding hydrogens is 380 g/mol. The van der Waals surface area contributed by atoms with E-state index in [9.17, 15) is 4.79 Å². The quantitative estimate of drug-likeness (QED) is 0.414. The van der Waals surface area contributed by atoms with Crippen LogP contribution in [0.25, 0.3) is 21.1 Å². The second-order valence-electron chi connectivity index (χ2n) is 7.40. The fourth-order valence-electron chi connectivity index (χ4n) is 3.58. The molecule has 2 heterocycles. The average Bonchev–Trinajstić information content (AvgIpc) is 3.15. The third-order valence-electron chi connectivity index (χ3n) is 5.27. The van der Waals surface area contributed by atoms with Gasteiger partial charge < -0.3 is 10.2 Å². The molecule has 0 fully saturated rings. The van der Waals surface area contributed by atoms with Crippen molar-refractivity contribution in [3.05, 3.63) is 29.3 Å². The van der Waals surface area contributed by atoms with Gasteiger partial charge in [0.1, 0.15) is 5.52 Å². The normalized spacial score (nSPS) is 11.6. The number of anilines is 1. The molecule has 0 aliphatic heterocycles. The van der Waals surface area contributed by atoms with Gasteiger partial charge in [0.15, 0.2) is 5.82 Å². The second kappa shape index (κ2) is 10.6. The Bertz CT molecular complexity index is 949. The van der Waals surface area contributed by atoms with Crippen molar-refractivity contribution in [3.8, 4) is 0 Å². The maximum absolute atomic E-state index is 12.5. The molecule has 0 aliphatic carbocycles. The highest BCUT2D eigenvalue weighted by molar-refractivity contribution is 7.19. The number of unbranched alkanes of at least 4 members (excludes halogenated alkanes) is 2. The summed E-state index contributed by atoms with van der Waals surface area (Å²) in [5.41, 5.74) is 1.73. The van der Waals surface area contributed by atoms with Gasteiger partial charge in [-0.25, -0.2) is 9.97 Å². The van der Waals surface area contributed by atoms with Gasteiger partial charge in [0.25, 0.3) is 0 Å².